The Morgan fingerprint density at radius 3 is 2.15 bits per heavy atom. The summed E-state index contributed by atoms with van der Waals surface area (Å²) >= 11 is 0. The van der Waals surface area contributed by atoms with Crippen molar-refractivity contribution in [3.63, 3.8) is 0 Å². The Morgan fingerprint density at radius 2 is 1.60 bits per heavy atom. The summed E-state index contributed by atoms with van der Waals surface area (Å²) in [6.07, 6.45) is 0. The predicted molar refractivity (Wildman–Crippen MR) is 72.1 cm³/mol. The Bertz CT molecular complexity index is 610. The summed E-state index contributed by atoms with van der Waals surface area (Å²) in [7, 11) is 0. The van der Waals surface area contributed by atoms with Crippen LogP contribution < -0.4 is 4.74 Å². The Labute approximate surface area is 116 Å². The van der Waals surface area contributed by atoms with Gasteiger partial charge in [0.05, 0.1) is 5.56 Å². The Kier molecular flexibility index (Phi) is 4.13. The maximum atomic E-state index is 13.4. The van der Waals surface area contributed by atoms with Crippen molar-refractivity contribution in [1.82, 2.24) is 0 Å². The standard InChI is InChI=1S/C16H14F2O2/c1-10-6-11(2)8-12(7-10)20-9-15(19)16-13(17)4-3-5-14(16)18/h3-8H,9H2,1-2H3. The van der Waals surface area contributed by atoms with Gasteiger partial charge in [0.25, 0.3) is 0 Å². The minimum absolute atomic E-state index is 0.402. The highest BCUT2D eigenvalue weighted by Gasteiger charge is 2.17. The molecule has 0 unspecified atom stereocenters. The van der Waals surface area contributed by atoms with Crippen LogP contribution in [0.1, 0.15) is 21.5 Å². The smallest absolute Gasteiger partial charge is 0.206 e. The van der Waals surface area contributed by atoms with Gasteiger partial charge >= 0.3 is 0 Å². The molecule has 0 amide bonds. The second-order valence-electron chi connectivity index (χ2n) is 4.63. The number of ketones is 1. The van der Waals surface area contributed by atoms with Crippen molar-refractivity contribution in [2.24, 2.45) is 0 Å². The first kappa shape index (κ1) is 14.2. The van der Waals surface area contributed by atoms with Crippen molar-refractivity contribution in [3.8, 4) is 5.75 Å². The molecule has 2 nitrogen and oxygen atoms in total. The molecule has 0 aliphatic carbocycles. The molecule has 0 radical (unpaired) electrons. The zero-order chi connectivity index (χ0) is 14.7. The number of hydrogen-bond donors (Lipinski definition) is 0. The van der Waals surface area contributed by atoms with Crippen LogP contribution >= 0.6 is 0 Å². The molecule has 2 aromatic carbocycles. The Morgan fingerprint density at radius 1 is 1.05 bits per heavy atom. The second kappa shape index (κ2) is 5.82. The molecule has 0 aliphatic rings. The van der Waals surface area contributed by atoms with Gasteiger partial charge in [-0.15, -0.1) is 0 Å². The van der Waals surface area contributed by atoms with E-state index < -0.39 is 29.6 Å². The average Bonchev–Trinajstić information content (AvgIpc) is 2.35. The van der Waals surface area contributed by atoms with Crippen molar-refractivity contribution < 1.29 is 18.3 Å². The normalized spacial score (nSPS) is 10.4. The van der Waals surface area contributed by atoms with Gasteiger partial charge in [-0.25, -0.2) is 8.78 Å². The lowest BCUT2D eigenvalue weighted by Gasteiger charge is -2.08. The van der Waals surface area contributed by atoms with E-state index in [2.05, 4.69) is 0 Å². The van der Waals surface area contributed by atoms with Crippen LogP contribution in [0.2, 0.25) is 0 Å². The molecule has 0 fully saturated rings. The van der Waals surface area contributed by atoms with Crippen molar-refractivity contribution in [2.45, 2.75) is 13.8 Å². The number of hydrogen-bond acceptors (Lipinski definition) is 2. The van der Waals surface area contributed by atoms with Gasteiger partial charge in [0, 0.05) is 0 Å². The molecule has 0 atom stereocenters. The molecule has 2 rings (SSSR count). The lowest BCUT2D eigenvalue weighted by molar-refractivity contribution is 0.0913. The summed E-state index contributed by atoms with van der Waals surface area (Å²) in [5.74, 6) is -1.97. The third-order valence-electron chi connectivity index (χ3n) is 2.81. The number of carbonyl (C=O) groups excluding carboxylic acids is 1. The molecule has 0 saturated heterocycles. The molecule has 2 aromatic rings. The number of benzene rings is 2. The third-order valence-corrected chi connectivity index (χ3v) is 2.81. The molecule has 0 N–H and O–H groups in total. The molecule has 104 valence electrons. The number of Topliss-reactive ketones (excluding diaryl/α,β-unsaturated/α-hetero) is 1. The summed E-state index contributed by atoms with van der Waals surface area (Å²) in [6, 6.07) is 8.80. The summed E-state index contributed by atoms with van der Waals surface area (Å²) in [5.41, 5.74) is 1.42. The van der Waals surface area contributed by atoms with E-state index in [1.165, 1.54) is 6.07 Å². The van der Waals surface area contributed by atoms with Crippen molar-refractivity contribution in [1.29, 1.82) is 0 Å². The van der Waals surface area contributed by atoms with E-state index in [0.717, 1.165) is 23.3 Å². The highest BCUT2D eigenvalue weighted by molar-refractivity contribution is 5.97. The highest BCUT2D eigenvalue weighted by atomic mass is 19.1. The lowest BCUT2D eigenvalue weighted by Crippen LogP contribution is -2.15. The molecule has 0 heterocycles. The Balaban J connectivity index is 2.13. The van der Waals surface area contributed by atoms with E-state index in [1.54, 1.807) is 12.1 Å². The minimum Gasteiger partial charge on any atom is -0.485 e. The first-order chi connectivity index (χ1) is 9.47. The molecule has 0 aliphatic heterocycles. The topological polar surface area (TPSA) is 26.3 Å². The van der Waals surface area contributed by atoms with Crippen LogP contribution in [0.15, 0.2) is 36.4 Å². The molecular weight excluding hydrogens is 262 g/mol. The first-order valence-corrected chi connectivity index (χ1v) is 6.15. The molecular formula is C16H14F2O2. The monoisotopic (exact) mass is 276 g/mol. The average molecular weight is 276 g/mol. The SMILES string of the molecule is Cc1cc(C)cc(OCC(=O)c2c(F)cccc2F)c1. The fourth-order valence-electron chi connectivity index (χ4n) is 2.00. The molecule has 20 heavy (non-hydrogen) atoms. The van der Waals surface area contributed by atoms with Crippen LogP contribution in [0.4, 0.5) is 8.78 Å². The molecule has 4 heteroatoms. The molecule has 0 saturated carbocycles. The summed E-state index contributed by atoms with van der Waals surface area (Å²) < 4.78 is 32.2. The van der Waals surface area contributed by atoms with Gasteiger partial charge in [0.1, 0.15) is 17.4 Å². The van der Waals surface area contributed by atoms with E-state index in [1.807, 2.05) is 19.9 Å². The van der Waals surface area contributed by atoms with Crippen molar-refractivity contribution >= 4 is 5.78 Å². The van der Waals surface area contributed by atoms with Crippen LogP contribution in [0.5, 0.6) is 5.75 Å². The highest BCUT2D eigenvalue weighted by Crippen LogP contribution is 2.18. The van der Waals surface area contributed by atoms with Gasteiger partial charge in [-0.1, -0.05) is 12.1 Å². The van der Waals surface area contributed by atoms with Gasteiger partial charge in [0.2, 0.25) is 5.78 Å². The Hall–Kier alpha value is -2.23. The van der Waals surface area contributed by atoms with Crippen LogP contribution in [-0.4, -0.2) is 12.4 Å². The third kappa shape index (κ3) is 3.20. The zero-order valence-electron chi connectivity index (χ0n) is 11.2. The van der Waals surface area contributed by atoms with Crippen LogP contribution in [0.25, 0.3) is 0 Å². The maximum Gasteiger partial charge on any atom is 0.206 e. The number of carbonyl (C=O) groups is 1. The van der Waals surface area contributed by atoms with E-state index in [4.69, 9.17) is 4.74 Å². The van der Waals surface area contributed by atoms with E-state index >= 15 is 0 Å². The van der Waals surface area contributed by atoms with Gasteiger partial charge in [-0.2, -0.15) is 0 Å². The second-order valence-corrected chi connectivity index (χ2v) is 4.63. The minimum atomic E-state index is -0.876. The van der Waals surface area contributed by atoms with Gasteiger partial charge < -0.3 is 4.74 Å². The largest absolute Gasteiger partial charge is 0.485 e. The number of halogens is 2. The first-order valence-electron chi connectivity index (χ1n) is 6.15. The van der Waals surface area contributed by atoms with Crippen LogP contribution in [0.3, 0.4) is 0 Å². The summed E-state index contributed by atoms with van der Waals surface area (Å²) in [6.45, 7) is 3.40. The van der Waals surface area contributed by atoms with E-state index in [-0.39, 0.29) is 0 Å². The van der Waals surface area contributed by atoms with Crippen LogP contribution in [-0.2, 0) is 0 Å². The maximum absolute atomic E-state index is 13.4. The number of rotatable bonds is 4. The van der Waals surface area contributed by atoms with E-state index in [9.17, 15) is 13.6 Å². The molecule has 0 bridgehead atoms. The quantitative estimate of drug-likeness (QED) is 0.793. The van der Waals surface area contributed by atoms with Gasteiger partial charge in [-0.3, -0.25) is 4.79 Å². The molecule has 0 aromatic heterocycles. The fourth-order valence-corrected chi connectivity index (χ4v) is 2.00. The van der Waals surface area contributed by atoms with Crippen molar-refractivity contribution in [2.75, 3.05) is 6.61 Å². The summed E-state index contributed by atoms with van der Waals surface area (Å²) in [5, 5.41) is 0. The van der Waals surface area contributed by atoms with Crippen molar-refractivity contribution in [3.05, 3.63) is 64.7 Å². The van der Waals surface area contributed by atoms with E-state index in [0.29, 0.717) is 5.75 Å². The fraction of sp³-hybridized carbons (Fsp3) is 0.188. The van der Waals surface area contributed by atoms with Crippen LogP contribution in [0, 0.1) is 25.5 Å². The predicted octanol–water partition coefficient (Wildman–Crippen LogP) is 3.84. The summed E-state index contributed by atoms with van der Waals surface area (Å²) in [4.78, 5) is 11.8. The lowest BCUT2D eigenvalue weighted by atomic mass is 10.1. The van der Waals surface area contributed by atoms with Gasteiger partial charge in [-0.05, 0) is 49.2 Å². The number of ether oxygens (including phenoxy) is 1. The number of aryl methyl sites for hydroxylation is 2. The van der Waals surface area contributed by atoms with Gasteiger partial charge in [0.15, 0.2) is 6.61 Å². The molecule has 0 spiro atoms. The zero-order valence-corrected chi connectivity index (χ0v) is 11.2.